The van der Waals surface area contributed by atoms with E-state index in [2.05, 4.69) is 70.4 Å². The van der Waals surface area contributed by atoms with Gasteiger partial charge in [0, 0.05) is 25.7 Å². The van der Waals surface area contributed by atoms with Crippen LogP contribution in [-0.2, 0) is 4.74 Å². The van der Waals surface area contributed by atoms with Crippen LogP contribution in [0.4, 0.5) is 11.6 Å². The van der Waals surface area contributed by atoms with Crippen LogP contribution in [0.25, 0.3) is 0 Å². The van der Waals surface area contributed by atoms with Gasteiger partial charge in [0.2, 0.25) is 0 Å². The lowest BCUT2D eigenvalue weighted by Gasteiger charge is -2.28. The van der Waals surface area contributed by atoms with Gasteiger partial charge < -0.3 is 19.9 Å². The zero-order valence-electron chi connectivity index (χ0n) is 15.3. The molecule has 0 spiro atoms. The van der Waals surface area contributed by atoms with Crippen LogP contribution in [0.3, 0.4) is 0 Å². The molecule has 6 heteroatoms. The van der Waals surface area contributed by atoms with Crippen molar-refractivity contribution < 1.29 is 4.74 Å². The molecular weight excluding hydrogens is 314 g/mol. The first-order valence-electron chi connectivity index (χ1n) is 8.75. The summed E-state index contributed by atoms with van der Waals surface area (Å²) in [4.78, 5) is 13.3. The number of ether oxygens (including phenoxy) is 1. The number of hydrogen-bond acceptors (Lipinski definition) is 6. The molecule has 6 nitrogen and oxygen atoms in total. The van der Waals surface area contributed by atoms with Crippen LogP contribution in [0.2, 0.25) is 0 Å². The molecule has 134 valence electrons. The third-order valence-electron chi connectivity index (χ3n) is 4.64. The van der Waals surface area contributed by atoms with E-state index in [0.29, 0.717) is 0 Å². The summed E-state index contributed by atoms with van der Waals surface area (Å²) in [5.74, 6) is 1.81. The molecule has 0 bridgehead atoms. The average molecular weight is 341 g/mol. The van der Waals surface area contributed by atoms with Gasteiger partial charge in [-0.2, -0.15) is 0 Å². The van der Waals surface area contributed by atoms with Gasteiger partial charge in [-0.3, -0.25) is 0 Å². The van der Waals surface area contributed by atoms with Crippen molar-refractivity contribution in [2.24, 2.45) is 0 Å². The van der Waals surface area contributed by atoms with Gasteiger partial charge in [0.05, 0.1) is 19.3 Å². The van der Waals surface area contributed by atoms with Crippen LogP contribution in [0.1, 0.15) is 17.2 Å². The van der Waals surface area contributed by atoms with E-state index in [1.165, 1.54) is 11.1 Å². The molecule has 1 unspecified atom stereocenters. The van der Waals surface area contributed by atoms with Crippen LogP contribution in [0.5, 0.6) is 0 Å². The minimum Gasteiger partial charge on any atom is -0.378 e. The van der Waals surface area contributed by atoms with E-state index in [4.69, 9.17) is 4.74 Å². The molecule has 2 heterocycles. The van der Waals surface area contributed by atoms with Crippen LogP contribution < -0.4 is 10.2 Å². The summed E-state index contributed by atoms with van der Waals surface area (Å²) in [5.41, 5.74) is 2.64. The second-order valence-corrected chi connectivity index (χ2v) is 6.58. The summed E-state index contributed by atoms with van der Waals surface area (Å²) in [6, 6.07) is 10.8. The lowest BCUT2D eigenvalue weighted by atomic mass is 10.0. The Morgan fingerprint density at radius 1 is 1.20 bits per heavy atom. The van der Waals surface area contributed by atoms with Gasteiger partial charge in [0.25, 0.3) is 0 Å². The molecule has 0 aliphatic carbocycles. The minimum absolute atomic E-state index is 0.281. The topological polar surface area (TPSA) is 53.5 Å². The van der Waals surface area contributed by atoms with E-state index < -0.39 is 0 Å². The first kappa shape index (κ1) is 17.6. The number of hydrogen-bond donors (Lipinski definition) is 1. The maximum Gasteiger partial charge on any atom is 0.134 e. The largest absolute Gasteiger partial charge is 0.378 e. The van der Waals surface area contributed by atoms with Crippen LogP contribution in [0, 0.1) is 6.92 Å². The molecule has 3 rings (SSSR count). The fourth-order valence-electron chi connectivity index (χ4n) is 3.14. The standard InChI is InChI=1S/C19H27N5O/c1-15-6-4-5-7-16(15)17(23(2)3)13-20-18-12-19(22-14-21-18)24-8-10-25-11-9-24/h4-7,12,14,17H,8-11,13H2,1-3H3,(H,20,21,22). The van der Waals surface area contributed by atoms with Gasteiger partial charge in [-0.05, 0) is 32.1 Å². The van der Waals surface area contributed by atoms with Gasteiger partial charge in [0.15, 0.2) is 0 Å². The average Bonchev–Trinajstić information content (AvgIpc) is 2.64. The second kappa shape index (κ2) is 8.27. The second-order valence-electron chi connectivity index (χ2n) is 6.58. The molecule has 0 saturated carbocycles. The molecule has 0 radical (unpaired) electrons. The van der Waals surface area contributed by atoms with Crippen molar-refractivity contribution in [3.05, 3.63) is 47.8 Å². The highest BCUT2D eigenvalue weighted by Crippen LogP contribution is 2.23. The third-order valence-corrected chi connectivity index (χ3v) is 4.64. The Hall–Kier alpha value is -2.18. The van der Waals surface area contributed by atoms with Crippen LogP contribution in [0.15, 0.2) is 36.7 Å². The van der Waals surface area contributed by atoms with E-state index in [1.54, 1.807) is 6.33 Å². The van der Waals surface area contributed by atoms with Crippen molar-refractivity contribution in [2.45, 2.75) is 13.0 Å². The van der Waals surface area contributed by atoms with Crippen molar-refractivity contribution in [2.75, 3.05) is 57.2 Å². The Morgan fingerprint density at radius 3 is 2.68 bits per heavy atom. The molecule has 1 aliphatic heterocycles. The van der Waals surface area contributed by atoms with Crippen LogP contribution >= 0.6 is 0 Å². The number of aryl methyl sites for hydroxylation is 1. The number of benzene rings is 1. The molecule has 1 atom stereocenters. The van der Waals surface area contributed by atoms with E-state index in [-0.39, 0.29) is 6.04 Å². The van der Waals surface area contributed by atoms with Gasteiger partial charge >= 0.3 is 0 Å². The molecular formula is C19H27N5O. The first-order valence-corrected chi connectivity index (χ1v) is 8.75. The molecule has 1 aliphatic rings. The van der Waals surface area contributed by atoms with Gasteiger partial charge in [-0.1, -0.05) is 24.3 Å². The van der Waals surface area contributed by atoms with E-state index in [1.807, 2.05) is 6.07 Å². The number of nitrogens with one attached hydrogen (secondary N) is 1. The Labute approximate surface area is 149 Å². The number of rotatable bonds is 6. The number of aromatic nitrogens is 2. The van der Waals surface area contributed by atoms with E-state index in [9.17, 15) is 0 Å². The van der Waals surface area contributed by atoms with E-state index in [0.717, 1.165) is 44.5 Å². The van der Waals surface area contributed by atoms with Gasteiger partial charge in [-0.15, -0.1) is 0 Å². The summed E-state index contributed by atoms with van der Waals surface area (Å²) in [6.45, 7) is 6.20. The smallest absolute Gasteiger partial charge is 0.134 e. The first-order chi connectivity index (χ1) is 12.1. The highest BCUT2D eigenvalue weighted by atomic mass is 16.5. The summed E-state index contributed by atoms with van der Waals surface area (Å²) >= 11 is 0. The van der Waals surface area contributed by atoms with Crippen molar-refractivity contribution in [1.82, 2.24) is 14.9 Å². The summed E-state index contributed by atoms with van der Waals surface area (Å²) in [5, 5.41) is 3.48. The van der Waals surface area contributed by atoms with Gasteiger partial charge in [0.1, 0.15) is 18.0 Å². The molecule has 1 aromatic carbocycles. The normalized spacial score (nSPS) is 16.1. The summed E-state index contributed by atoms with van der Waals surface area (Å²) < 4.78 is 5.41. The fraction of sp³-hybridized carbons (Fsp3) is 0.474. The molecule has 25 heavy (non-hydrogen) atoms. The maximum absolute atomic E-state index is 5.41. The molecule has 1 aromatic heterocycles. The van der Waals surface area contributed by atoms with Crippen LogP contribution in [-0.4, -0.2) is 61.8 Å². The molecule has 1 saturated heterocycles. The van der Waals surface area contributed by atoms with Crippen molar-refractivity contribution in [1.29, 1.82) is 0 Å². The number of morpholine rings is 1. The van der Waals surface area contributed by atoms with E-state index >= 15 is 0 Å². The predicted octanol–water partition coefficient (Wildman–Crippen LogP) is 2.34. The summed E-state index contributed by atoms with van der Waals surface area (Å²) in [6.07, 6.45) is 1.63. The number of likely N-dealkylation sites (N-methyl/N-ethyl adjacent to an activating group) is 1. The zero-order chi connectivity index (χ0) is 17.6. The number of anilines is 2. The Balaban J connectivity index is 1.70. The SMILES string of the molecule is Cc1ccccc1C(CNc1cc(N2CCOCC2)ncn1)N(C)C. The fourth-order valence-corrected chi connectivity index (χ4v) is 3.14. The van der Waals surface area contributed by atoms with Crippen molar-refractivity contribution in [3.63, 3.8) is 0 Å². The quantitative estimate of drug-likeness (QED) is 0.870. The zero-order valence-corrected chi connectivity index (χ0v) is 15.3. The molecule has 0 amide bonds. The highest BCUT2D eigenvalue weighted by Gasteiger charge is 2.17. The monoisotopic (exact) mass is 341 g/mol. The Morgan fingerprint density at radius 2 is 1.96 bits per heavy atom. The lowest BCUT2D eigenvalue weighted by Crippen LogP contribution is -2.36. The predicted molar refractivity (Wildman–Crippen MR) is 101 cm³/mol. The Kier molecular flexibility index (Phi) is 5.83. The molecule has 1 N–H and O–H groups in total. The van der Waals surface area contributed by atoms with Crippen molar-refractivity contribution >= 4 is 11.6 Å². The maximum atomic E-state index is 5.41. The van der Waals surface area contributed by atoms with Crippen molar-refractivity contribution in [3.8, 4) is 0 Å². The lowest BCUT2D eigenvalue weighted by molar-refractivity contribution is 0.122. The summed E-state index contributed by atoms with van der Waals surface area (Å²) in [7, 11) is 4.22. The number of nitrogens with zero attached hydrogens (tertiary/aromatic N) is 4. The molecule has 2 aromatic rings. The third kappa shape index (κ3) is 4.46. The Bertz CT molecular complexity index is 685. The highest BCUT2D eigenvalue weighted by molar-refractivity contribution is 5.49. The van der Waals surface area contributed by atoms with Gasteiger partial charge in [-0.25, -0.2) is 9.97 Å². The molecule has 1 fully saturated rings. The minimum atomic E-state index is 0.281.